The predicted octanol–water partition coefficient (Wildman–Crippen LogP) is 1.74. The van der Waals surface area contributed by atoms with Crippen LogP contribution in [0.4, 0.5) is 0 Å². The average Bonchev–Trinajstić information content (AvgIpc) is 2.61. The molecule has 0 radical (unpaired) electrons. The van der Waals surface area contributed by atoms with E-state index in [-0.39, 0.29) is 5.97 Å². The maximum Gasteiger partial charge on any atom is 0.321 e. The highest BCUT2D eigenvalue weighted by Gasteiger charge is 2.45. The molecule has 0 aromatic carbocycles. The van der Waals surface area contributed by atoms with E-state index in [9.17, 15) is 4.79 Å². The minimum Gasteiger partial charge on any atom is -0.465 e. The minimum atomic E-state index is -0.884. The molecule has 0 aromatic heterocycles. The number of esters is 1. The Labute approximate surface area is 83.2 Å². The summed E-state index contributed by atoms with van der Waals surface area (Å²) in [5.74, 6) is -0.361. The highest BCUT2D eigenvalue weighted by atomic mass is 16.5. The van der Waals surface area contributed by atoms with Gasteiger partial charge in [0, 0.05) is 0 Å². The molecule has 1 atom stereocenters. The first-order valence-corrected chi connectivity index (χ1v) is 4.73. The SMILES string of the molecule is C=C[C@]1(C(=O)OCC)CCC/C1=N\O. The normalized spacial score (nSPS) is 29.1. The van der Waals surface area contributed by atoms with E-state index in [1.807, 2.05) is 0 Å². The van der Waals surface area contributed by atoms with E-state index in [2.05, 4.69) is 11.7 Å². The largest absolute Gasteiger partial charge is 0.465 e. The van der Waals surface area contributed by atoms with Gasteiger partial charge in [-0.3, -0.25) is 4.79 Å². The van der Waals surface area contributed by atoms with E-state index < -0.39 is 5.41 Å². The first-order chi connectivity index (χ1) is 6.71. The van der Waals surface area contributed by atoms with Crippen LogP contribution in [0.2, 0.25) is 0 Å². The van der Waals surface area contributed by atoms with Crippen LogP contribution in [0.1, 0.15) is 26.2 Å². The lowest BCUT2D eigenvalue weighted by atomic mass is 9.85. The number of hydrogen-bond donors (Lipinski definition) is 1. The second kappa shape index (κ2) is 4.26. The summed E-state index contributed by atoms with van der Waals surface area (Å²) < 4.78 is 4.95. The summed E-state index contributed by atoms with van der Waals surface area (Å²) in [7, 11) is 0. The molecule has 14 heavy (non-hydrogen) atoms. The van der Waals surface area contributed by atoms with Gasteiger partial charge in [-0.05, 0) is 26.2 Å². The van der Waals surface area contributed by atoms with Gasteiger partial charge >= 0.3 is 5.97 Å². The number of oxime groups is 1. The van der Waals surface area contributed by atoms with Gasteiger partial charge < -0.3 is 9.94 Å². The maximum atomic E-state index is 11.7. The third-order valence-electron chi connectivity index (χ3n) is 2.61. The van der Waals surface area contributed by atoms with Crippen LogP contribution in [0.15, 0.2) is 17.8 Å². The van der Waals surface area contributed by atoms with Crippen molar-refractivity contribution in [3.05, 3.63) is 12.7 Å². The van der Waals surface area contributed by atoms with Crippen LogP contribution < -0.4 is 0 Å². The van der Waals surface area contributed by atoms with Crippen molar-refractivity contribution in [3.63, 3.8) is 0 Å². The fourth-order valence-corrected chi connectivity index (χ4v) is 1.82. The highest BCUT2D eigenvalue weighted by Crippen LogP contribution is 2.38. The fraction of sp³-hybridized carbons (Fsp3) is 0.600. The zero-order chi connectivity index (χ0) is 10.6. The molecule has 0 spiro atoms. The van der Waals surface area contributed by atoms with E-state index in [1.165, 1.54) is 6.08 Å². The summed E-state index contributed by atoms with van der Waals surface area (Å²) in [6.45, 7) is 5.70. The average molecular weight is 197 g/mol. The first-order valence-electron chi connectivity index (χ1n) is 4.73. The lowest BCUT2D eigenvalue weighted by Gasteiger charge is -2.22. The van der Waals surface area contributed by atoms with Gasteiger partial charge in [0.2, 0.25) is 0 Å². The van der Waals surface area contributed by atoms with Crippen LogP contribution in [0.25, 0.3) is 0 Å². The number of hydrogen-bond acceptors (Lipinski definition) is 4. The number of nitrogens with zero attached hydrogens (tertiary/aromatic N) is 1. The zero-order valence-electron chi connectivity index (χ0n) is 8.32. The molecular weight excluding hydrogens is 182 g/mol. The summed E-state index contributed by atoms with van der Waals surface area (Å²) >= 11 is 0. The molecule has 1 N–H and O–H groups in total. The van der Waals surface area contributed by atoms with Crippen molar-refractivity contribution in [2.75, 3.05) is 6.61 Å². The van der Waals surface area contributed by atoms with Gasteiger partial charge in [-0.2, -0.15) is 0 Å². The summed E-state index contributed by atoms with van der Waals surface area (Å²) in [5, 5.41) is 11.9. The molecule has 0 bridgehead atoms. The van der Waals surface area contributed by atoms with E-state index in [0.29, 0.717) is 25.2 Å². The Balaban J connectivity index is 2.96. The van der Waals surface area contributed by atoms with Gasteiger partial charge in [-0.1, -0.05) is 11.2 Å². The quantitative estimate of drug-likeness (QED) is 0.324. The van der Waals surface area contributed by atoms with Crippen LogP contribution in [-0.2, 0) is 9.53 Å². The van der Waals surface area contributed by atoms with Crippen molar-refractivity contribution in [1.29, 1.82) is 0 Å². The second-order valence-electron chi connectivity index (χ2n) is 3.30. The Morgan fingerprint density at radius 2 is 2.57 bits per heavy atom. The monoisotopic (exact) mass is 197 g/mol. The van der Waals surface area contributed by atoms with Crippen molar-refractivity contribution >= 4 is 11.7 Å². The van der Waals surface area contributed by atoms with Crippen molar-refractivity contribution < 1.29 is 14.7 Å². The second-order valence-corrected chi connectivity index (χ2v) is 3.30. The van der Waals surface area contributed by atoms with Gasteiger partial charge in [0.25, 0.3) is 0 Å². The first kappa shape index (κ1) is 10.8. The number of rotatable bonds is 3. The minimum absolute atomic E-state index is 0.327. The zero-order valence-corrected chi connectivity index (χ0v) is 8.32. The molecule has 4 nitrogen and oxygen atoms in total. The van der Waals surface area contributed by atoms with Crippen molar-refractivity contribution in [2.45, 2.75) is 26.2 Å². The molecule has 1 aliphatic rings. The molecule has 1 fully saturated rings. The van der Waals surface area contributed by atoms with Crippen molar-refractivity contribution in [2.24, 2.45) is 10.6 Å². The van der Waals surface area contributed by atoms with Crippen LogP contribution in [0, 0.1) is 5.41 Å². The molecule has 0 aromatic rings. The molecule has 78 valence electrons. The molecule has 0 saturated heterocycles. The molecule has 0 unspecified atom stereocenters. The number of carbonyl (C=O) groups excluding carboxylic acids is 1. The van der Waals surface area contributed by atoms with E-state index >= 15 is 0 Å². The predicted molar refractivity (Wildman–Crippen MR) is 52.3 cm³/mol. The lowest BCUT2D eigenvalue weighted by molar-refractivity contribution is -0.148. The van der Waals surface area contributed by atoms with E-state index in [4.69, 9.17) is 9.94 Å². The molecular formula is C10H15NO3. The Morgan fingerprint density at radius 1 is 1.86 bits per heavy atom. The summed E-state index contributed by atoms with van der Waals surface area (Å²) in [5.41, 5.74) is -0.420. The number of carbonyl (C=O) groups is 1. The van der Waals surface area contributed by atoms with Crippen molar-refractivity contribution in [3.8, 4) is 0 Å². The van der Waals surface area contributed by atoms with Crippen LogP contribution in [-0.4, -0.2) is 23.5 Å². The molecule has 0 heterocycles. The van der Waals surface area contributed by atoms with E-state index in [0.717, 1.165) is 6.42 Å². The third-order valence-corrected chi connectivity index (χ3v) is 2.61. The van der Waals surface area contributed by atoms with Crippen LogP contribution >= 0.6 is 0 Å². The molecule has 0 amide bonds. The topological polar surface area (TPSA) is 58.9 Å². The van der Waals surface area contributed by atoms with Crippen LogP contribution in [0.3, 0.4) is 0 Å². The molecule has 1 saturated carbocycles. The highest BCUT2D eigenvalue weighted by molar-refractivity contribution is 6.09. The third kappa shape index (κ3) is 1.52. The molecule has 1 aliphatic carbocycles. The standard InChI is InChI=1S/C10H15NO3/c1-3-10(9(12)14-4-2)7-5-6-8(10)11-13/h3,13H,1,4-7H2,2H3/b11-8+/t10-/m0/s1. The van der Waals surface area contributed by atoms with E-state index in [1.54, 1.807) is 6.92 Å². The van der Waals surface area contributed by atoms with Gasteiger partial charge in [0.15, 0.2) is 0 Å². The molecule has 4 heteroatoms. The summed E-state index contributed by atoms with van der Waals surface area (Å²) in [6, 6.07) is 0. The lowest BCUT2D eigenvalue weighted by Crippen LogP contribution is -2.34. The Bertz CT molecular complexity index is 273. The molecule has 0 aliphatic heterocycles. The smallest absolute Gasteiger partial charge is 0.321 e. The Morgan fingerprint density at radius 3 is 3.07 bits per heavy atom. The fourth-order valence-electron chi connectivity index (χ4n) is 1.82. The molecule has 1 rings (SSSR count). The van der Waals surface area contributed by atoms with Crippen LogP contribution in [0.5, 0.6) is 0 Å². The van der Waals surface area contributed by atoms with Gasteiger partial charge in [-0.25, -0.2) is 0 Å². The maximum absolute atomic E-state index is 11.7. The Hall–Kier alpha value is -1.32. The van der Waals surface area contributed by atoms with Crippen molar-refractivity contribution in [1.82, 2.24) is 0 Å². The summed E-state index contributed by atoms with van der Waals surface area (Å²) in [4.78, 5) is 11.7. The summed E-state index contributed by atoms with van der Waals surface area (Å²) in [6.07, 6.45) is 3.59. The van der Waals surface area contributed by atoms with Gasteiger partial charge in [0.1, 0.15) is 5.41 Å². The number of ether oxygens (including phenoxy) is 1. The Kier molecular flexibility index (Phi) is 3.28. The van der Waals surface area contributed by atoms with Gasteiger partial charge in [0.05, 0.1) is 12.3 Å². The van der Waals surface area contributed by atoms with Gasteiger partial charge in [-0.15, -0.1) is 6.58 Å².